The molecule has 1 atom stereocenters. The zero-order valence-corrected chi connectivity index (χ0v) is 8.60. The van der Waals surface area contributed by atoms with Crippen molar-refractivity contribution in [1.29, 1.82) is 0 Å². The summed E-state index contributed by atoms with van der Waals surface area (Å²) in [7, 11) is 0. The van der Waals surface area contributed by atoms with Crippen LogP contribution in [-0.4, -0.2) is 15.5 Å². The van der Waals surface area contributed by atoms with Gasteiger partial charge in [-0.25, -0.2) is 4.98 Å². The number of carbonyl (C=O) groups is 1. The van der Waals surface area contributed by atoms with Gasteiger partial charge in [-0.15, -0.1) is 0 Å². The summed E-state index contributed by atoms with van der Waals surface area (Å²) in [5.74, 6) is 1.51. The first-order valence-corrected chi connectivity index (χ1v) is 5.25. The summed E-state index contributed by atoms with van der Waals surface area (Å²) in [6.07, 6.45) is 1.54. The van der Waals surface area contributed by atoms with E-state index in [-0.39, 0.29) is 5.91 Å². The van der Waals surface area contributed by atoms with Gasteiger partial charge in [0, 0.05) is 12.8 Å². The molecule has 0 fully saturated rings. The van der Waals surface area contributed by atoms with Gasteiger partial charge in [0.1, 0.15) is 5.82 Å². The minimum Gasteiger partial charge on any atom is -0.274 e. The Kier molecular flexibility index (Phi) is 1.69. The Morgan fingerprint density at radius 2 is 2.13 bits per heavy atom. The van der Waals surface area contributed by atoms with Gasteiger partial charge in [-0.05, 0) is 18.1 Å². The number of benzene rings is 1. The van der Waals surface area contributed by atoms with Crippen molar-refractivity contribution >= 4 is 16.9 Å². The molecular weight excluding hydrogens is 188 g/mol. The van der Waals surface area contributed by atoms with E-state index in [9.17, 15) is 4.79 Å². The van der Waals surface area contributed by atoms with Crippen molar-refractivity contribution in [3.63, 3.8) is 0 Å². The molecule has 3 nitrogen and oxygen atoms in total. The van der Waals surface area contributed by atoms with E-state index in [1.807, 2.05) is 24.3 Å². The zero-order chi connectivity index (χ0) is 10.4. The van der Waals surface area contributed by atoms with Gasteiger partial charge in [-0.2, -0.15) is 0 Å². The lowest BCUT2D eigenvalue weighted by atomic mass is 10.00. The van der Waals surface area contributed by atoms with Crippen molar-refractivity contribution in [2.45, 2.75) is 19.8 Å². The lowest BCUT2D eigenvalue weighted by molar-refractivity contribution is 0.0864. The van der Waals surface area contributed by atoms with Crippen LogP contribution in [-0.2, 0) is 6.42 Å². The zero-order valence-electron chi connectivity index (χ0n) is 8.60. The number of imidazole rings is 1. The van der Waals surface area contributed by atoms with Crippen molar-refractivity contribution in [3.05, 3.63) is 30.1 Å². The number of hydrogen-bond donors (Lipinski definition) is 0. The smallest absolute Gasteiger partial charge is 0.232 e. The number of hydrogen-bond acceptors (Lipinski definition) is 2. The SMILES string of the molecule is CC1CC(=O)n2c(nc3ccccc32)C1. The standard InChI is InChI=1S/C12H12N2O/c1-8-6-11-13-9-4-2-3-5-10(9)14(11)12(15)7-8/h2-5,8H,6-7H2,1H3. The Bertz CT molecular complexity index is 542. The molecule has 1 unspecified atom stereocenters. The summed E-state index contributed by atoms with van der Waals surface area (Å²) in [5, 5.41) is 0. The fourth-order valence-corrected chi connectivity index (χ4v) is 2.26. The topological polar surface area (TPSA) is 34.9 Å². The molecule has 0 N–H and O–H groups in total. The molecule has 3 heteroatoms. The molecule has 3 rings (SSSR count). The molecule has 2 aromatic rings. The highest BCUT2D eigenvalue weighted by Crippen LogP contribution is 2.24. The van der Waals surface area contributed by atoms with Crippen LogP contribution in [0.1, 0.15) is 24.0 Å². The maximum Gasteiger partial charge on any atom is 0.232 e. The molecule has 1 aliphatic heterocycles. The van der Waals surface area contributed by atoms with Gasteiger partial charge >= 0.3 is 0 Å². The summed E-state index contributed by atoms with van der Waals surface area (Å²) < 4.78 is 1.77. The number of rotatable bonds is 0. The van der Waals surface area contributed by atoms with Crippen LogP contribution in [0.4, 0.5) is 0 Å². The predicted molar refractivity (Wildman–Crippen MR) is 57.8 cm³/mol. The van der Waals surface area contributed by atoms with Gasteiger partial charge in [0.25, 0.3) is 0 Å². The van der Waals surface area contributed by atoms with Crippen LogP contribution < -0.4 is 0 Å². The van der Waals surface area contributed by atoms with Gasteiger partial charge in [0.05, 0.1) is 11.0 Å². The fraction of sp³-hybridized carbons (Fsp3) is 0.333. The van der Waals surface area contributed by atoms with E-state index >= 15 is 0 Å². The van der Waals surface area contributed by atoms with Crippen LogP contribution >= 0.6 is 0 Å². The maximum absolute atomic E-state index is 11.9. The monoisotopic (exact) mass is 200 g/mol. The summed E-state index contributed by atoms with van der Waals surface area (Å²) >= 11 is 0. The molecular formula is C12H12N2O. The number of aromatic nitrogens is 2. The fourth-order valence-electron chi connectivity index (χ4n) is 2.26. The molecule has 0 aliphatic carbocycles. The molecule has 1 aromatic carbocycles. The quantitative estimate of drug-likeness (QED) is 0.653. The molecule has 0 bridgehead atoms. The number of para-hydroxylation sites is 2. The van der Waals surface area contributed by atoms with Gasteiger partial charge in [-0.3, -0.25) is 9.36 Å². The van der Waals surface area contributed by atoms with Crippen molar-refractivity contribution in [3.8, 4) is 0 Å². The van der Waals surface area contributed by atoms with Crippen LogP contribution in [0.5, 0.6) is 0 Å². The first-order chi connectivity index (χ1) is 7.25. The summed E-state index contributed by atoms with van der Waals surface area (Å²) in [6, 6.07) is 7.82. The average Bonchev–Trinajstić information content (AvgIpc) is 2.54. The Morgan fingerprint density at radius 1 is 1.33 bits per heavy atom. The highest BCUT2D eigenvalue weighted by atomic mass is 16.2. The average molecular weight is 200 g/mol. The first-order valence-electron chi connectivity index (χ1n) is 5.25. The number of fused-ring (bicyclic) bond motifs is 3. The third-order valence-corrected chi connectivity index (χ3v) is 2.93. The van der Waals surface area contributed by atoms with Crippen LogP contribution in [0.25, 0.3) is 11.0 Å². The molecule has 2 heterocycles. The molecule has 0 saturated carbocycles. The third-order valence-electron chi connectivity index (χ3n) is 2.93. The van der Waals surface area contributed by atoms with Crippen molar-refractivity contribution in [1.82, 2.24) is 9.55 Å². The van der Waals surface area contributed by atoms with E-state index in [1.54, 1.807) is 4.57 Å². The van der Waals surface area contributed by atoms with E-state index < -0.39 is 0 Å². The lowest BCUT2D eigenvalue weighted by Crippen LogP contribution is -2.24. The molecule has 1 aliphatic rings. The highest BCUT2D eigenvalue weighted by Gasteiger charge is 2.24. The van der Waals surface area contributed by atoms with E-state index in [2.05, 4.69) is 11.9 Å². The largest absolute Gasteiger partial charge is 0.274 e. The van der Waals surface area contributed by atoms with Crippen molar-refractivity contribution in [2.24, 2.45) is 5.92 Å². The minimum absolute atomic E-state index is 0.178. The number of carbonyl (C=O) groups excluding carboxylic acids is 1. The molecule has 0 spiro atoms. The van der Waals surface area contributed by atoms with Crippen LogP contribution in [0, 0.1) is 5.92 Å². The second-order valence-corrected chi connectivity index (χ2v) is 4.26. The van der Waals surface area contributed by atoms with Crippen LogP contribution in [0.2, 0.25) is 0 Å². The van der Waals surface area contributed by atoms with E-state index in [4.69, 9.17) is 0 Å². The number of nitrogens with zero attached hydrogens (tertiary/aromatic N) is 2. The molecule has 0 amide bonds. The van der Waals surface area contributed by atoms with Crippen molar-refractivity contribution < 1.29 is 4.79 Å². The Balaban J connectivity index is 2.32. The molecule has 0 radical (unpaired) electrons. The van der Waals surface area contributed by atoms with Gasteiger partial charge in [0.2, 0.25) is 5.91 Å². The molecule has 76 valence electrons. The predicted octanol–water partition coefficient (Wildman–Crippen LogP) is 2.26. The normalized spacial score (nSPS) is 20.6. The Hall–Kier alpha value is -1.64. The van der Waals surface area contributed by atoms with E-state index in [0.29, 0.717) is 12.3 Å². The maximum atomic E-state index is 11.9. The van der Waals surface area contributed by atoms with Gasteiger partial charge in [0.15, 0.2) is 0 Å². The second-order valence-electron chi connectivity index (χ2n) is 4.26. The second kappa shape index (κ2) is 2.92. The minimum atomic E-state index is 0.178. The summed E-state index contributed by atoms with van der Waals surface area (Å²) in [5.41, 5.74) is 1.87. The lowest BCUT2D eigenvalue weighted by Gasteiger charge is -2.18. The third kappa shape index (κ3) is 1.19. The van der Waals surface area contributed by atoms with Crippen LogP contribution in [0.3, 0.4) is 0 Å². The Labute approximate surface area is 87.7 Å². The molecule has 15 heavy (non-hydrogen) atoms. The van der Waals surface area contributed by atoms with Gasteiger partial charge in [-0.1, -0.05) is 19.1 Å². The first kappa shape index (κ1) is 8.65. The van der Waals surface area contributed by atoms with Crippen molar-refractivity contribution in [2.75, 3.05) is 0 Å². The van der Waals surface area contributed by atoms with Crippen LogP contribution in [0.15, 0.2) is 24.3 Å². The Morgan fingerprint density at radius 3 is 3.00 bits per heavy atom. The van der Waals surface area contributed by atoms with E-state index in [1.165, 1.54) is 0 Å². The van der Waals surface area contributed by atoms with Gasteiger partial charge < -0.3 is 0 Å². The summed E-state index contributed by atoms with van der Waals surface area (Å²) in [4.78, 5) is 16.4. The summed E-state index contributed by atoms with van der Waals surface area (Å²) in [6.45, 7) is 2.10. The van der Waals surface area contributed by atoms with E-state index in [0.717, 1.165) is 23.3 Å². The molecule has 0 saturated heterocycles. The highest BCUT2D eigenvalue weighted by molar-refractivity contribution is 5.92. The molecule has 1 aromatic heterocycles.